The average Bonchev–Trinajstić information content (AvgIpc) is 2.97. The van der Waals surface area contributed by atoms with Crippen LogP contribution in [0.25, 0.3) is 11.3 Å². The summed E-state index contributed by atoms with van der Waals surface area (Å²) in [5.41, 5.74) is 2.27. The Kier molecular flexibility index (Phi) is 3.59. The highest BCUT2D eigenvalue weighted by Gasteiger charge is 2.16. The molecule has 2 aromatic rings. The van der Waals surface area contributed by atoms with Crippen LogP contribution in [-0.2, 0) is 0 Å². The monoisotopic (exact) mass is 269 g/mol. The zero-order chi connectivity index (χ0) is 13.9. The molecule has 0 unspecified atom stereocenters. The van der Waals surface area contributed by atoms with Gasteiger partial charge in [-0.3, -0.25) is 4.79 Å². The summed E-state index contributed by atoms with van der Waals surface area (Å²) >= 11 is 0. The first-order valence-corrected chi connectivity index (χ1v) is 7.16. The van der Waals surface area contributed by atoms with E-state index in [1.807, 2.05) is 6.07 Å². The SMILES string of the molecule is CC1CCN(c2ccc(-c3ccc(C=O)o3)cc2)CC1. The van der Waals surface area contributed by atoms with E-state index in [1.54, 1.807) is 6.07 Å². The van der Waals surface area contributed by atoms with E-state index in [4.69, 9.17) is 4.42 Å². The van der Waals surface area contributed by atoms with Crippen molar-refractivity contribution >= 4 is 12.0 Å². The molecule has 1 aromatic heterocycles. The number of hydrogen-bond acceptors (Lipinski definition) is 3. The number of furan rings is 1. The van der Waals surface area contributed by atoms with Crippen molar-refractivity contribution in [1.82, 2.24) is 0 Å². The largest absolute Gasteiger partial charge is 0.453 e. The van der Waals surface area contributed by atoms with Gasteiger partial charge >= 0.3 is 0 Å². The molecule has 0 N–H and O–H groups in total. The Morgan fingerprint density at radius 2 is 1.80 bits per heavy atom. The molecule has 0 amide bonds. The third-order valence-corrected chi connectivity index (χ3v) is 4.04. The molecule has 1 aliphatic heterocycles. The first-order chi connectivity index (χ1) is 9.76. The van der Waals surface area contributed by atoms with Crippen LogP contribution in [0.5, 0.6) is 0 Å². The predicted octanol–water partition coefficient (Wildman–Crippen LogP) is 4.00. The van der Waals surface area contributed by atoms with E-state index in [-0.39, 0.29) is 0 Å². The van der Waals surface area contributed by atoms with E-state index in [2.05, 4.69) is 36.1 Å². The highest BCUT2D eigenvalue weighted by molar-refractivity contribution is 5.73. The molecule has 20 heavy (non-hydrogen) atoms. The van der Waals surface area contributed by atoms with Gasteiger partial charge in [0.1, 0.15) is 5.76 Å². The molecule has 104 valence electrons. The fraction of sp³-hybridized carbons (Fsp3) is 0.353. The lowest BCUT2D eigenvalue weighted by Gasteiger charge is -2.32. The molecule has 3 rings (SSSR count). The highest BCUT2D eigenvalue weighted by atomic mass is 16.3. The molecule has 3 heteroatoms. The number of aldehydes is 1. The summed E-state index contributed by atoms with van der Waals surface area (Å²) in [6.07, 6.45) is 3.26. The summed E-state index contributed by atoms with van der Waals surface area (Å²) in [5.74, 6) is 1.95. The molecule has 0 atom stereocenters. The normalized spacial score (nSPS) is 16.4. The minimum absolute atomic E-state index is 0.370. The van der Waals surface area contributed by atoms with E-state index < -0.39 is 0 Å². The molecule has 0 aliphatic carbocycles. The maximum atomic E-state index is 10.6. The van der Waals surface area contributed by atoms with Crippen molar-refractivity contribution in [2.24, 2.45) is 5.92 Å². The van der Waals surface area contributed by atoms with Gasteiger partial charge in [-0.25, -0.2) is 0 Å². The Balaban J connectivity index is 1.75. The van der Waals surface area contributed by atoms with E-state index >= 15 is 0 Å². The molecule has 1 aliphatic rings. The third kappa shape index (κ3) is 2.62. The molecular weight excluding hydrogens is 250 g/mol. The Hall–Kier alpha value is -2.03. The second-order valence-electron chi connectivity index (χ2n) is 5.54. The summed E-state index contributed by atoms with van der Waals surface area (Å²) in [7, 11) is 0. The molecular formula is C17H19NO2. The van der Waals surface area contributed by atoms with Gasteiger partial charge in [0, 0.05) is 24.3 Å². The number of rotatable bonds is 3. The van der Waals surface area contributed by atoms with Crippen LogP contribution in [0.1, 0.15) is 30.3 Å². The lowest BCUT2D eigenvalue weighted by atomic mass is 9.98. The first kappa shape index (κ1) is 13.0. The van der Waals surface area contributed by atoms with Crippen LogP contribution in [0.15, 0.2) is 40.8 Å². The molecule has 1 fully saturated rings. The summed E-state index contributed by atoms with van der Waals surface area (Å²) < 4.78 is 5.44. The average molecular weight is 269 g/mol. The molecule has 0 radical (unpaired) electrons. The number of anilines is 1. The zero-order valence-electron chi connectivity index (χ0n) is 11.7. The number of benzene rings is 1. The number of nitrogens with zero attached hydrogens (tertiary/aromatic N) is 1. The van der Waals surface area contributed by atoms with Crippen molar-refractivity contribution in [2.45, 2.75) is 19.8 Å². The van der Waals surface area contributed by atoms with Gasteiger partial charge < -0.3 is 9.32 Å². The van der Waals surface area contributed by atoms with Crippen molar-refractivity contribution in [3.05, 3.63) is 42.2 Å². The second kappa shape index (κ2) is 5.53. The summed E-state index contributed by atoms with van der Waals surface area (Å²) in [5, 5.41) is 0. The maximum absolute atomic E-state index is 10.6. The summed E-state index contributed by atoms with van der Waals surface area (Å²) in [6, 6.07) is 11.9. The molecule has 3 nitrogen and oxygen atoms in total. The van der Waals surface area contributed by atoms with Crippen LogP contribution >= 0.6 is 0 Å². The fourth-order valence-electron chi connectivity index (χ4n) is 2.67. The van der Waals surface area contributed by atoms with Crippen molar-refractivity contribution in [3.63, 3.8) is 0 Å². The second-order valence-corrected chi connectivity index (χ2v) is 5.54. The number of carbonyl (C=O) groups excluding carboxylic acids is 1. The fourth-order valence-corrected chi connectivity index (χ4v) is 2.67. The standard InChI is InChI=1S/C17H19NO2/c1-13-8-10-18(11-9-13)15-4-2-14(3-5-15)17-7-6-16(12-19)20-17/h2-7,12-13H,8-11H2,1H3. The van der Waals surface area contributed by atoms with E-state index in [1.165, 1.54) is 18.5 Å². The zero-order valence-corrected chi connectivity index (χ0v) is 11.7. The van der Waals surface area contributed by atoms with Gasteiger partial charge in [0.25, 0.3) is 0 Å². The Morgan fingerprint density at radius 3 is 2.40 bits per heavy atom. The van der Waals surface area contributed by atoms with Crippen molar-refractivity contribution in [3.8, 4) is 11.3 Å². The Labute approximate surface area is 119 Å². The molecule has 1 aromatic carbocycles. The topological polar surface area (TPSA) is 33.5 Å². The predicted molar refractivity (Wildman–Crippen MR) is 80.1 cm³/mol. The van der Waals surface area contributed by atoms with Crippen LogP contribution in [-0.4, -0.2) is 19.4 Å². The van der Waals surface area contributed by atoms with Crippen molar-refractivity contribution < 1.29 is 9.21 Å². The first-order valence-electron chi connectivity index (χ1n) is 7.16. The summed E-state index contributed by atoms with van der Waals surface area (Å²) in [6.45, 7) is 4.59. The third-order valence-electron chi connectivity index (χ3n) is 4.04. The van der Waals surface area contributed by atoms with E-state index in [9.17, 15) is 4.79 Å². The van der Waals surface area contributed by atoms with Gasteiger partial charge in [-0.1, -0.05) is 6.92 Å². The molecule has 0 spiro atoms. The Bertz CT molecular complexity index is 577. The van der Waals surface area contributed by atoms with Crippen LogP contribution in [0.3, 0.4) is 0 Å². The highest BCUT2D eigenvalue weighted by Crippen LogP contribution is 2.27. The van der Waals surface area contributed by atoms with Crippen LogP contribution in [0, 0.1) is 5.92 Å². The number of hydrogen-bond donors (Lipinski definition) is 0. The Morgan fingerprint density at radius 1 is 1.10 bits per heavy atom. The van der Waals surface area contributed by atoms with Crippen LogP contribution in [0.2, 0.25) is 0 Å². The van der Waals surface area contributed by atoms with Gasteiger partial charge in [-0.05, 0) is 55.2 Å². The lowest BCUT2D eigenvalue weighted by molar-refractivity contribution is 0.110. The minimum Gasteiger partial charge on any atom is -0.453 e. The van der Waals surface area contributed by atoms with Crippen LogP contribution in [0.4, 0.5) is 5.69 Å². The number of carbonyl (C=O) groups is 1. The summed E-state index contributed by atoms with van der Waals surface area (Å²) in [4.78, 5) is 13.1. The maximum Gasteiger partial charge on any atom is 0.185 e. The minimum atomic E-state index is 0.370. The quantitative estimate of drug-likeness (QED) is 0.790. The van der Waals surface area contributed by atoms with Crippen molar-refractivity contribution in [2.75, 3.05) is 18.0 Å². The van der Waals surface area contributed by atoms with Gasteiger partial charge in [0.2, 0.25) is 0 Å². The van der Waals surface area contributed by atoms with E-state index in [0.29, 0.717) is 5.76 Å². The van der Waals surface area contributed by atoms with Crippen LogP contribution < -0.4 is 4.90 Å². The van der Waals surface area contributed by atoms with Gasteiger partial charge in [-0.15, -0.1) is 0 Å². The molecule has 2 heterocycles. The van der Waals surface area contributed by atoms with E-state index in [0.717, 1.165) is 36.6 Å². The smallest absolute Gasteiger partial charge is 0.185 e. The van der Waals surface area contributed by atoms with Gasteiger partial charge in [-0.2, -0.15) is 0 Å². The van der Waals surface area contributed by atoms with Gasteiger partial charge in [0.15, 0.2) is 12.0 Å². The lowest BCUT2D eigenvalue weighted by Crippen LogP contribution is -2.32. The molecule has 0 bridgehead atoms. The number of piperidine rings is 1. The van der Waals surface area contributed by atoms with Crippen molar-refractivity contribution in [1.29, 1.82) is 0 Å². The molecule has 0 saturated carbocycles. The van der Waals surface area contributed by atoms with Gasteiger partial charge in [0.05, 0.1) is 0 Å². The molecule has 1 saturated heterocycles.